The van der Waals surface area contributed by atoms with Crippen molar-refractivity contribution in [2.75, 3.05) is 12.3 Å². The maximum absolute atomic E-state index is 13.0. The smallest absolute Gasteiger partial charge is 0.326 e. The Morgan fingerprint density at radius 1 is 0.912 bits per heavy atom. The number of aliphatic imine (C=N–C) groups is 1. The molecular formula is C19H36N8O6S. The zero-order chi connectivity index (χ0) is 26.4. The first-order chi connectivity index (χ1) is 15.8. The van der Waals surface area contributed by atoms with Crippen molar-refractivity contribution in [3.63, 3.8) is 0 Å². The first-order valence-corrected chi connectivity index (χ1v) is 11.3. The monoisotopic (exact) mass is 504 g/mol. The molecule has 34 heavy (non-hydrogen) atoms. The molecule has 4 atom stereocenters. The molecule has 0 saturated heterocycles. The van der Waals surface area contributed by atoms with Gasteiger partial charge < -0.3 is 44.0 Å². The Balaban J connectivity index is 5.55. The maximum atomic E-state index is 13.0. The van der Waals surface area contributed by atoms with Crippen LogP contribution in [0.1, 0.15) is 39.5 Å². The molecular weight excluding hydrogens is 468 g/mol. The van der Waals surface area contributed by atoms with Crippen molar-refractivity contribution >= 4 is 48.2 Å². The van der Waals surface area contributed by atoms with Gasteiger partial charge in [-0.1, -0.05) is 13.8 Å². The third kappa shape index (κ3) is 12.8. The van der Waals surface area contributed by atoms with Gasteiger partial charge in [-0.3, -0.25) is 24.2 Å². The van der Waals surface area contributed by atoms with Crippen LogP contribution in [-0.4, -0.2) is 77.1 Å². The van der Waals surface area contributed by atoms with Crippen molar-refractivity contribution in [1.29, 1.82) is 0 Å². The van der Waals surface area contributed by atoms with E-state index in [0.29, 0.717) is 6.42 Å². The van der Waals surface area contributed by atoms with E-state index in [1.54, 1.807) is 13.8 Å². The first-order valence-electron chi connectivity index (χ1n) is 10.6. The van der Waals surface area contributed by atoms with Crippen LogP contribution >= 0.6 is 12.6 Å². The van der Waals surface area contributed by atoms with Gasteiger partial charge in [0.25, 0.3) is 0 Å². The molecule has 14 nitrogen and oxygen atoms in total. The fourth-order valence-corrected chi connectivity index (χ4v) is 2.95. The molecule has 12 N–H and O–H groups in total. The largest absolute Gasteiger partial charge is 0.480 e. The number of carbonyl (C=O) groups is 5. The molecule has 0 spiro atoms. The van der Waals surface area contributed by atoms with E-state index in [-0.39, 0.29) is 37.0 Å². The van der Waals surface area contributed by atoms with Crippen LogP contribution in [0.3, 0.4) is 0 Å². The molecule has 4 amide bonds. The lowest BCUT2D eigenvalue weighted by molar-refractivity contribution is -0.143. The fraction of sp³-hybridized carbons (Fsp3) is 0.684. The summed E-state index contributed by atoms with van der Waals surface area (Å²) in [4.78, 5) is 64.2. The quantitative estimate of drug-likeness (QED) is 0.0442. The molecule has 0 aromatic heterocycles. The summed E-state index contributed by atoms with van der Waals surface area (Å²) in [6, 6.07) is -4.73. The van der Waals surface area contributed by atoms with Gasteiger partial charge in [-0.2, -0.15) is 12.6 Å². The zero-order valence-electron chi connectivity index (χ0n) is 19.3. The van der Waals surface area contributed by atoms with Crippen LogP contribution in [0.25, 0.3) is 0 Å². The fourth-order valence-electron chi connectivity index (χ4n) is 2.78. The number of thiol groups is 1. The van der Waals surface area contributed by atoms with E-state index in [2.05, 4.69) is 33.6 Å². The van der Waals surface area contributed by atoms with E-state index >= 15 is 0 Å². The lowest BCUT2D eigenvalue weighted by atomic mass is 10.0. The van der Waals surface area contributed by atoms with E-state index in [1.807, 2.05) is 0 Å². The van der Waals surface area contributed by atoms with Crippen molar-refractivity contribution in [3.05, 3.63) is 0 Å². The number of guanidine groups is 1. The highest BCUT2D eigenvalue weighted by molar-refractivity contribution is 7.80. The van der Waals surface area contributed by atoms with E-state index in [4.69, 9.17) is 22.9 Å². The predicted molar refractivity (Wildman–Crippen MR) is 128 cm³/mol. The number of nitrogens with two attached hydrogens (primary N) is 4. The molecule has 0 aliphatic carbocycles. The Bertz CT molecular complexity index is 759. The van der Waals surface area contributed by atoms with Crippen molar-refractivity contribution in [2.45, 2.75) is 63.7 Å². The molecule has 0 aromatic rings. The van der Waals surface area contributed by atoms with Crippen molar-refractivity contribution in [2.24, 2.45) is 33.8 Å². The van der Waals surface area contributed by atoms with E-state index in [9.17, 15) is 29.1 Å². The summed E-state index contributed by atoms with van der Waals surface area (Å²) in [5, 5.41) is 16.5. The minimum atomic E-state index is -1.56. The first kappa shape index (κ1) is 30.9. The third-order valence-electron chi connectivity index (χ3n) is 4.47. The van der Waals surface area contributed by atoms with Crippen LogP contribution < -0.4 is 38.9 Å². The van der Waals surface area contributed by atoms with Gasteiger partial charge in [-0.25, -0.2) is 4.79 Å². The summed E-state index contributed by atoms with van der Waals surface area (Å²) in [6.45, 7) is 3.79. The number of amides is 4. The number of nitrogens with one attached hydrogen (secondary N) is 3. The summed E-state index contributed by atoms with van der Waals surface area (Å²) in [7, 11) is 0. The normalized spacial score (nSPS) is 14.3. The Kier molecular flexibility index (Phi) is 14.3. The van der Waals surface area contributed by atoms with Crippen molar-refractivity contribution in [1.82, 2.24) is 16.0 Å². The maximum Gasteiger partial charge on any atom is 0.326 e. The Morgan fingerprint density at radius 2 is 1.44 bits per heavy atom. The summed E-state index contributed by atoms with van der Waals surface area (Å²) in [5.41, 5.74) is 21.3. The van der Waals surface area contributed by atoms with Crippen LogP contribution in [0.15, 0.2) is 4.99 Å². The van der Waals surface area contributed by atoms with Gasteiger partial charge in [-0.15, -0.1) is 0 Å². The Labute approximate surface area is 203 Å². The number of hydrogen-bond acceptors (Lipinski definition) is 8. The molecule has 4 unspecified atom stereocenters. The number of primary amides is 1. The van der Waals surface area contributed by atoms with Gasteiger partial charge in [0.2, 0.25) is 23.6 Å². The number of hydrogen-bond donors (Lipinski definition) is 9. The van der Waals surface area contributed by atoms with Gasteiger partial charge in [0.05, 0.1) is 12.5 Å². The van der Waals surface area contributed by atoms with Crippen LogP contribution in [0.5, 0.6) is 0 Å². The molecule has 0 radical (unpaired) electrons. The minimum absolute atomic E-state index is 0.0446. The number of nitrogens with zero attached hydrogens (tertiary/aromatic N) is 1. The van der Waals surface area contributed by atoms with Gasteiger partial charge >= 0.3 is 5.97 Å². The minimum Gasteiger partial charge on any atom is -0.480 e. The van der Waals surface area contributed by atoms with E-state index in [1.165, 1.54) is 0 Å². The molecule has 0 aliphatic rings. The van der Waals surface area contributed by atoms with Gasteiger partial charge in [-0.05, 0) is 25.2 Å². The lowest BCUT2D eigenvalue weighted by Crippen LogP contribution is -2.57. The number of carboxylic acid groups (broad SMARTS) is 1. The zero-order valence-corrected chi connectivity index (χ0v) is 20.2. The van der Waals surface area contributed by atoms with Crippen molar-refractivity contribution < 1.29 is 29.1 Å². The highest BCUT2D eigenvalue weighted by Gasteiger charge is 2.31. The van der Waals surface area contributed by atoms with Gasteiger partial charge in [0.15, 0.2) is 5.96 Å². The summed E-state index contributed by atoms with van der Waals surface area (Å²) in [6.07, 6.45) is -0.00394. The van der Waals surface area contributed by atoms with Crippen LogP contribution in [0, 0.1) is 5.92 Å². The van der Waals surface area contributed by atoms with Crippen LogP contribution in [0.2, 0.25) is 0 Å². The Morgan fingerprint density at radius 3 is 1.91 bits per heavy atom. The predicted octanol–water partition coefficient (Wildman–Crippen LogP) is -3.24. The third-order valence-corrected chi connectivity index (χ3v) is 4.87. The van der Waals surface area contributed by atoms with E-state index in [0.717, 1.165) is 0 Å². The standard InChI is InChI=1S/C19H36N8O6S/c1-9(2)6-12(17(31)27-13(18(32)33)7-14(21)28)26-16(30)11(4-3-5-24-19(22)23)25-15(29)10(20)8-34/h9-13,34H,3-8,20H2,1-2H3,(H2,21,28)(H,25,29)(H,26,30)(H,27,31)(H,32,33)(H4,22,23,24). The molecule has 0 aromatic carbocycles. The second kappa shape index (κ2) is 15.7. The van der Waals surface area contributed by atoms with Gasteiger partial charge in [0, 0.05) is 12.3 Å². The van der Waals surface area contributed by atoms with Crippen LogP contribution in [0.4, 0.5) is 0 Å². The average molecular weight is 505 g/mol. The van der Waals surface area contributed by atoms with Crippen LogP contribution in [-0.2, 0) is 24.0 Å². The number of carbonyl (C=O) groups excluding carboxylic acids is 4. The summed E-state index contributed by atoms with van der Waals surface area (Å²) >= 11 is 3.96. The highest BCUT2D eigenvalue weighted by atomic mass is 32.1. The molecule has 0 rings (SSSR count). The topological polar surface area (TPSA) is 258 Å². The second-order valence-corrected chi connectivity index (χ2v) is 8.42. The summed E-state index contributed by atoms with van der Waals surface area (Å²) in [5.74, 6) is -4.63. The second-order valence-electron chi connectivity index (χ2n) is 8.06. The van der Waals surface area contributed by atoms with Gasteiger partial charge in [0.1, 0.15) is 18.1 Å². The molecule has 15 heteroatoms. The number of rotatable bonds is 16. The lowest BCUT2D eigenvalue weighted by Gasteiger charge is -2.26. The summed E-state index contributed by atoms with van der Waals surface area (Å²) < 4.78 is 0. The molecule has 0 fully saturated rings. The number of carboxylic acids is 1. The highest BCUT2D eigenvalue weighted by Crippen LogP contribution is 2.08. The number of aliphatic carboxylic acids is 1. The molecule has 0 aliphatic heterocycles. The molecule has 194 valence electrons. The molecule has 0 saturated carbocycles. The van der Waals surface area contributed by atoms with Crippen molar-refractivity contribution in [3.8, 4) is 0 Å². The SMILES string of the molecule is CC(C)CC(NC(=O)C(CCCN=C(N)N)NC(=O)C(N)CS)C(=O)NC(CC(N)=O)C(=O)O. The molecule has 0 bridgehead atoms. The molecule has 0 heterocycles. The van der Waals surface area contributed by atoms with E-state index < -0.39 is 60.2 Å². The Hall–Kier alpha value is -3.07. The average Bonchev–Trinajstić information content (AvgIpc) is 2.72.